The summed E-state index contributed by atoms with van der Waals surface area (Å²) >= 11 is 6.20. The van der Waals surface area contributed by atoms with Gasteiger partial charge in [-0.2, -0.15) is 0 Å². The van der Waals surface area contributed by atoms with Crippen LogP contribution in [-0.4, -0.2) is 18.1 Å². The second-order valence-corrected chi connectivity index (χ2v) is 4.83. The fourth-order valence-electron chi connectivity index (χ4n) is 2.42. The lowest BCUT2D eigenvalue weighted by Gasteiger charge is -2.09. The van der Waals surface area contributed by atoms with Crippen LogP contribution in [0.25, 0.3) is 10.9 Å². The fraction of sp³-hybridized carbons (Fsp3) is 0.286. The number of hydrogen-bond donors (Lipinski definition) is 0. The Kier molecular flexibility index (Phi) is 2.92. The molecule has 1 aliphatic rings. The van der Waals surface area contributed by atoms with Crippen LogP contribution in [0.1, 0.15) is 34.5 Å². The molecule has 0 aliphatic carbocycles. The van der Waals surface area contributed by atoms with E-state index in [0.717, 1.165) is 16.5 Å². The smallest absolute Gasteiger partial charge is 0.337 e. The number of fused-ring (bicyclic) bond motifs is 3. The summed E-state index contributed by atoms with van der Waals surface area (Å²) in [4.78, 5) is 15.9. The number of carbonyl (C=O) groups is 1. The van der Waals surface area contributed by atoms with Crippen LogP contribution < -0.4 is 0 Å². The lowest BCUT2D eigenvalue weighted by atomic mass is 10.0. The highest BCUT2D eigenvalue weighted by molar-refractivity contribution is 6.31. The highest BCUT2D eigenvalue weighted by Crippen LogP contribution is 2.38. The molecule has 1 aromatic carbocycles. The van der Waals surface area contributed by atoms with Gasteiger partial charge in [-0.3, -0.25) is 0 Å². The van der Waals surface area contributed by atoms with Crippen molar-refractivity contribution < 1.29 is 14.3 Å². The minimum atomic E-state index is -0.384. The summed E-state index contributed by atoms with van der Waals surface area (Å²) < 4.78 is 10.3. The van der Waals surface area contributed by atoms with Crippen LogP contribution in [0.4, 0.5) is 0 Å². The number of rotatable bonds is 1. The maximum atomic E-state index is 11.5. The van der Waals surface area contributed by atoms with E-state index in [1.54, 1.807) is 12.1 Å². The predicted octanol–water partition coefficient (Wildman–Crippen LogP) is 3.27. The molecule has 5 heteroatoms. The van der Waals surface area contributed by atoms with Crippen molar-refractivity contribution in [2.75, 3.05) is 7.11 Å². The molecular weight excluding hydrogens is 266 g/mol. The van der Waals surface area contributed by atoms with E-state index in [2.05, 4.69) is 4.98 Å². The molecular formula is C14H12ClNO3. The molecule has 1 aromatic heterocycles. The minimum absolute atomic E-state index is 0.0420. The van der Waals surface area contributed by atoms with Crippen molar-refractivity contribution in [3.8, 4) is 0 Å². The third kappa shape index (κ3) is 1.88. The molecule has 0 amide bonds. The number of esters is 1. The van der Waals surface area contributed by atoms with Crippen molar-refractivity contribution in [1.29, 1.82) is 0 Å². The molecule has 1 atom stereocenters. The van der Waals surface area contributed by atoms with Gasteiger partial charge < -0.3 is 9.47 Å². The summed E-state index contributed by atoms with van der Waals surface area (Å²) in [6.45, 7) is 2.47. The molecule has 2 heterocycles. The summed E-state index contributed by atoms with van der Waals surface area (Å²) in [5.41, 5.74) is 3.15. The molecule has 0 saturated carbocycles. The number of carbonyl (C=O) groups excluding carboxylic acids is 1. The van der Waals surface area contributed by atoms with Crippen LogP contribution in [0.15, 0.2) is 18.2 Å². The van der Waals surface area contributed by atoms with Gasteiger partial charge in [0.1, 0.15) is 5.15 Å². The van der Waals surface area contributed by atoms with Gasteiger partial charge in [-0.25, -0.2) is 9.78 Å². The van der Waals surface area contributed by atoms with Gasteiger partial charge in [-0.05, 0) is 24.6 Å². The van der Waals surface area contributed by atoms with Crippen LogP contribution in [0.3, 0.4) is 0 Å². The maximum absolute atomic E-state index is 11.5. The van der Waals surface area contributed by atoms with Crippen molar-refractivity contribution >= 4 is 28.5 Å². The monoisotopic (exact) mass is 277 g/mol. The van der Waals surface area contributed by atoms with Crippen LogP contribution in [0.2, 0.25) is 5.15 Å². The Balaban J connectivity index is 2.25. The van der Waals surface area contributed by atoms with Crippen molar-refractivity contribution in [3.63, 3.8) is 0 Å². The zero-order valence-corrected chi connectivity index (χ0v) is 11.3. The highest BCUT2D eigenvalue weighted by Gasteiger charge is 2.25. The molecule has 1 aliphatic heterocycles. The molecule has 0 fully saturated rings. The minimum Gasteiger partial charge on any atom is -0.465 e. The van der Waals surface area contributed by atoms with Gasteiger partial charge in [0.2, 0.25) is 0 Å². The summed E-state index contributed by atoms with van der Waals surface area (Å²) in [6.07, 6.45) is -0.0420. The molecule has 0 N–H and O–H groups in total. The van der Waals surface area contributed by atoms with Crippen LogP contribution in [-0.2, 0) is 16.1 Å². The number of halogens is 1. The summed E-state index contributed by atoms with van der Waals surface area (Å²) in [5, 5.41) is 1.41. The second kappa shape index (κ2) is 4.47. The van der Waals surface area contributed by atoms with E-state index in [-0.39, 0.29) is 12.1 Å². The molecule has 0 saturated heterocycles. The Hall–Kier alpha value is -1.65. The Bertz CT molecular complexity index is 684. The van der Waals surface area contributed by atoms with E-state index in [1.165, 1.54) is 7.11 Å². The highest BCUT2D eigenvalue weighted by atomic mass is 35.5. The lowest BCUT2D eigenvalue weighted by molar-refractivity contribution is 0.0601. The third-order valence-corrected chi connectivity index (χ3v) is 3.68. The number of benzene rings is 1. The molecule has 2 aromatic rings. The predicted molar refractivity (Wildman–Crippen MR) is 71.3 cm³/mol. The standard InChI is InChI=1S/C14H12ClNO3/c1-7-12-10(6-19-7)9-4-3-8(14(17)18-2)5-11(9)16-13(12)15/h3-5,7H,6H2,1-2H3. The fourth-order valence-corrected chi connectivity index (χ4v) is 2.78. The third-order valence-electron chi connectivity index (χ3n) is 3.39. The first-order chi connectivity index (χ1) is 9.11. The van der Waals surface area contributed by atoms with Crippen LogP contribution >= 0.6 is 11.6 Å². The second-order valence-electron chi connectivity index (χ2n) is 4.47. The first kappa shape index (κ1) is 12.4. The summed E-state index contributed by atoms with van der Waals surface area (Å²) in [7, 11) is 1.35. The van der Waals surface area contributed by atoms with Crippen molar-refractivity contribution in [3.05, 3.63) is 40.0 Å². The Morgan fingerprint density at radius 1 is 1.53 bits per heavy atom. The van der Waals surface area contributed by atoms with E-state index in [4.69, 9.17) is 21.1 Å². The number of pyridine rings is 1. The number of nitrogens with zero attached hydrogens (tertiary/aromatic N) is 1. The van der Waals surface area contributed by atoms with Gasteiger partial charge in [0.25, 0.3) is 0 Å². The molecule has 3 rings (SSSR count). The van der Waals surface area contributed by atoms with Gasteiger partial charge in [0, 0.05) is 10.9 Å². The summed E-state index contributed by atoms with van der Waals surface area (Å²) in [6, 6.07) is 5.29. The number of ether oxygens (including phenoxy) is 2. The van der Waals surface area contributed by atoms with Crippen molar-refractivity contribution in [2.45, 2.75) is 19.6 Å². The van der Waals surface area contributed by atoms with E-state index >= 15 is 0 Å². The van der Waals surface area contributed by atoms with E-state index < -0.39 is 0 Å². The molecule has 1 unspecified atom stereocenters. The average Bonchev–Trinajstić information content (AvgIpc) is 2.80. The topological polar surface area (TPSA) is 48.4 Å². The molecule has 0 bridgehead atoms. The van der Waals surface area contributed by atoms with Crippen molar-refractivity contribution in [1.82, 2.24) is 4.98 Å². The number of hydrogen-bond acceptors (Lipinski definition) is 4. The maximum Gasteiger partial charge on any atom is 0.337 e. The van der Waals surface area contributed by atoms with Gasteiger partial charge in [0.15, 0.2) is 0 Å². The van der Waals surface area contributed by atoms with E-state index in [0.29, 0.717) is 22.8 Å². The van der Waals surface area contributed by atoms with Crippen molar-refractivity contribution in [2.24, 2.45) is 0 Å². The van der Waals surface area contributed by atoms with E-state index in [1.807, 2.05) is 13.0 Å². The SMILES string of the molecule is COC(=O)c1ccc2c3c(c(Cl)nc2c1)C(C)OC3. The Labute approximate surface area is 115 Å². The van der Waals surface area contributed by atoms with Gasteiger partial charge in [0.05, 0.1) is 30.9 Å². The van der Waals surface area contributed by atoms with Crippen LogP contribution in [0.5, 0.6) is 0 Å². The first-order valence-electron chi connectivity index (χ1n) is 5.93. The van der Waals surface area contributed by atoms with Gasteiger partial charge >= 0.3 is 5.97 Å². The average molecular weight is 278 g/mol. The summed E-state index contributed by atoms with van der Waals surface area (Å²) in [5.74, 6) is -0.384. The Morgan fingerprint density at radius 2 is 2.32 bits per heavy atom. The van der Waals surface area contributed by atoms with Gasteiger partial charge in [-0.1, -0.05) is 17.7 Å². The molecule has 19 heavy (non-hydrogen) atoms. The zero-order valence-electron chi connectivity index (χ0n) is 10.6. The quantitative estimate of drug-likeness (QED) is 0.593. The molecule has 4 nitrogen and oxygen atoms in total. The lowest BCUT2D eigenvalue weighted by Crippen LogP contribution is -2.02. The molecule has 0 radical (unpaired) electrons. The van der Waals surface area contributed by atoms with E-state index in [9.17, 15) is 4.79 Å². The normalized spacial score (nSPS) is 17.5. The Morgan fingerprint density at radius 3 is 3.05 bits per heavy atom. The number of methoxy groups -OCH3 is 1. The zero-order chi connectivity index (χ0) is 13.6. The number of aromatic nitrogens is 1. The molecule has 98 valence electrons. The molecule has 0 spiro atoms. The first-order valence-corrected chi connectivity index (χ1v) is 6.31. The van der Waals surface area contributed by atoms with Gasteiger partial charge in [-0.15, -0.1) is 0 Å². The largest absolute Gasteiger partial charge is 0.465 e. The van der Waals surface area contributed by atoms with Crippen LogP contribution in [0, 0.1) is 0 Å².